The van der Waals surface area contributed by atoms with Crippen LogP contribution in [-0.4, -0.2) is 64.9 Å². The summed E-state index contributed by atoms with van der Waals surface area (Å²) in [4.78, 5) is 43.3. The van der Waals surface area contributed by atoms with Crippen molar-refractivity contribution in [2.45, 2.75) is 67.0 Å². The Kier molecular flexibility index (Phi) is 9.29. The van der Waals surface area contributed by atoms with Crippen LogP contribution in [-0.2, 0) is 6.54 Å². The van der Waals surface area contributed by atoms with Gasteiger partial charge >= 0.3 is 0 Å². The second-order valence-electron chi connectivity index (χ2n) is 9.36. The van der Waals surface area contributed by atoms with Crippen molar-refractivity contribution < 1.29 is 9.59 Å². The molecule has 2 amide bonds. The highest BCUT2D eigenvalue weighted by Crippen LogP contribution is 2.17. The number of aromatic nitrogens is 1. The van der Waals surface area contributed by atoms with E-state index in [0.717, 1.165) is 25.9 Å². The van der Waals surface area contributed by atoms with Gasteiger partial charge in [-0.25, -0.2) is 0 Å². The molecule has 1 N–H and O–H groups in total. The van der Waals surface area contributed by atoms with E-state index in [0.29, 0.717) is 44.1 Å². The van der Waals surface area contributed by atoms with Crippen molar-refractivity contribution in [3.05, 3.63) is 33.7 Å². The van der Waals surface area contributed by atoms with Gasteiger partial charge in [0.1, 0.15) is 11.1 Å². The van der Waals surface area contributed by atoms with Crippen LogP contribution in [0.4, 0.5) is 0 Å². The number of likely N-dealkylation sites (N-methyl/N-ethyl adjacent to an activating group) is 1. The lowest BCUT2D eigenvalue weighted by atomic mass is 10.1. The molecule has 174 valence electrons. The van der Waals surface area contributed by atoms with Gasteiger partial charge in [0.15, 0.2) is 0 Å². The lowest BCUT2D eigenvalue weighted by Gasteiger charge is -2.26. The second-order valence-corrected chi connectivity index (χ2v) is 9.36. The molecule has 0 bridgehead atoms. The fraction of sp³-hybridized carbons (Fsp3) is 0.708. The van der Waals surface area contributed by atoms with E-state index in [1.165, 1.54) is 0 Å². The van der Waals surface area contributed by atoms with Crippen molar-refractivity contribution in [2.75, 3.05) is 32.7 Å². The summed E-state index contributed by atoms with van der Waals surface area (Å²) in [6.07, 6.45) is 4.96. The summed E-state index contributed by atoms with van der Waals surface area (Å²) in [6, 6.07) is 0.319. The Balaban J connectivity index is 2.30. The van der Waals surface area contributed by atoms with Crippen molar-refractivity contribution in [1.82, 2.24) is 19.7 Å². The molecule has 1 saturated heterocycles. The molecule has 0 unspecified atom stereocenters. The zero-order valence-electron chi connectivity index (χ0n) is 20.1. The minimum Gasteiger partial charge on any atom is -0.352 e. The van der Waals surface area contributed by atoms with Crippen LogP contribution in [0.2, 0.25) is 0 Å². The minimum atomic E-state index is -0.474. The Morgan fingerprint density at radius 1 is 1.10 bits per heavy atom. The highest BCUT2D eigenvalue weighted by Gasteiger charge is 2.31. The van der Waals surface area contributed by atoms with Crippen LogP contribution >= 0.6 is 0 Å². The maximum Gasteiger partial charge on any atom is 0.259 e. The predicted molar refractivity (Wildman–Crippen MR) is 125 cm³/mol. The highest BCUT2D eigenvalue weighted by atomic mass is 16.2. The van der Waals surface area contributed by atoms with Gasteiger partial charge in [0.25, 0.3) is 11.8 Å². The van der Waals surface area contributed by atoms with Gasteiger partial charge in [-0.2, -0.15) is 0 Å². The summed E-state index contributed by atoms with van der Waals surface area (Å²) in [7, 11) is 0. The third kappa shape index (κ3) is 6.66. The maximum absolute atomic E-state index is 13.3. The fourth-order valence-corrected chi connectivity index (χ4v) is 4.18. The first-order chi connectivity index (χ1) is 14.7. The minimum absolute atomic E-state index is 0.0507. The van der Waals surface area contributed by atoms with Crippen LogP contribution in [0.1, 0.15) is 75.1 Å². The van der Waals surface area contributed by atoms with Gasteiger partial charge in [-0.3, -0.25) is 19.3 Å². The molecule has 0 spiro atoms. The molecule has 7 heteroatoms. The molecule has 31 heavy (non-hydrogen) atoms. The van der Waals surface area contributed by atoms with E-state index in [4.69, 9.17) is 0 Å². The van der Waals surface area contributed by atoms with Gasteiger partial charge < -0.3 is 14.8 Å². The Hall–Kier alpha value is -2.15. The molecule has 1 fully saturated rings. The maximum atomic E-state index is 13.3. The molecule has 1 aliphatic rings. The third-order valence-corrected chi connectivity index (χ3v) is 5.92. The standard InChI is InChI=1S/C24H40N4O3/c1-7-27(8-2)19-10-12-28(14-19)24(31)21-16-26(13-18(5)6)15-20(22(21)29)23(30)25-11-9-17(3)4/h15-19H,7-14H2,1-6H3,(H,25,30)/t19-/m1/s1. The van der Waals surface area contributed by atoms with Gasteiger partial charge in [0, 0.05) is 44.6 Å². The fourth-order valence-electron chi connectivity index (χ4n) is 4.18. The molecule has 2 rings (SSSR count). The van der Waals surface area contributed by atoms with E-state index in [2.05, 4.69) is 51.8 Å². The molecule has 7 nitrogen and oxygen atoms in total. The molecule has 1 aromatic rings. The molecular weight excluding hydrogens is 392 g/mol. The summed E-state index contributed by atoms with van der Waals surface area (Å²) < 4.78 is 1.81. The lowest BCUT2D eigenvalue weighted by Crippen LogP contribution is -2.40. The van der Waals surface area contributed by atoms with Crippen LogP contribution < -0.4 is 10.7 Å². The van der Waals surface area contributed by atoms with E-state index in [1.54, 1.807) is 17.3 Å². The van der Waals surface area contributed by atoms with Crippen LogP contribution in [0.3, 0.4) is 0 Å². The van der Waals surface area contributed by atoms with Crippen molar-refractivity contribution >= 4 is 11.8 Å². The van der Waals surface area contributed by atoms with Gasteiger partial charge in [-0.15, -0.1) is 0 Å². The zero-order chi connectivity index (χ0) is 23.1. The topological polar surface area (TPSA) is 74.7 Å². The summed E-state index contributed by atoms with van der Waals surface area (Å²) in [6.45, 7) is 16.8. The Bertz CT molecular complexity index is 812. The first-order valence-electron chi connectivity index (χ1n) is 11.7. The molecule has 0 aliphatic carbocycles. The smallest absolute Gasteiger partial charge is 0.259 e. The van der Waals surface area contributed by atoms with E-state index < -0.39 is 11.3 Å². The number of nitrogens with one attached hydrogen (secondary N) is 1. The third-order valence-electron chi connectivity index (χ3n) is 5.92. The number of rotatable bonds is 10. The predicted octanol–water partition coefficient (Wildman–Crippen LogP) is 2.84. The van der Waals surface area contributed by atoms with Gasteiger partial charge in [-0.05, 0) is 37.8 Å². The van der Waals surface area contributed by atoms with Crippen molar-refractivity contribution in [2.24, 2.45) is 11.8 Å². The van der Waals surface area contributed by atoms with Gasteiger partial charge in [0.2, 0.25) is 5.43 Å². The van der Waals surface area contributed by atoms with Gasteiger partial charge in [-0.1, -0.05) is 41.5 Å². The summed E-state index contributed by atoms with van der Waals surface area (Å²) in [5, 5.41) is 2.84. The van der Waals surface area contributed by atoms with Gasteiger partial charge in [0.05, 0.1) is 0 Å². The second kappa shape index (κ2) is 11.5. The summed E-state index contributed by atoms with van der Waals surface area (Å²) >= 11 is 0. The van der Waals surface area contributed by atoms with E-state index >= 15 is 0 Å². The van der Waals surface area contributed by atoms with E-state index in [1.807, 2.05) is 4.57 Å². The van der Waals surface area contributed by atoms with Crippen LogP contribution in [0.15, 0.2) is 17.2 Å². The lowest BCUT2D eigenvalue weighted by molar-refractivity contribution is 0.0775. The number of hydrogen-bond donors (Lipinski definition) is 1. The molecular formula is C24H40N4O3. The number of carbonyl (C=O) groups is 2. The first-order valence-corrected chi connectivity index (χ1v) is 11.7. The number of nitrogens with zero attached hydrogens (tertiary/aromatic N) is 3. The number of carbonyl (C=O) groups excluding carboxylic acids is 2. The average Bonchev–Trinajstić information content (AvgIpc) is 3.18. The SMILES string of the molecule is CCN(CC)[C@@H]1CCN(C(=O)c2cn(CC(C)C)cc(C(=O)NCCC(C)C)c2=O)C1. The zero-order valence-corrected chi connectivity index (χ0v) is 20.1. The van der Waals surface area contributed by atoms with Crippen LogP contribution in [0, 0.1) is 11.8 Å². The van der Waals surface area contributed by atoms with E-state index in [9.17, 15) is 14.4 Å². The molecule has 0 radical (unpaired) electrons. The number of hydrogen-bond acceptors (Lipinski definition) is 4. The highest BCUT2D eigenvalue weighted by molar-refractivity contribution is 5.99. The van der Waals surface area contributed by atoms with Crippen molar-refractivity contribution in [3.8, 4) is 0 Å². The number of amides is 2. The Labute approximate surface area is 186 Å². The summed E-state index contributed by atoms with van der Waals surface area (Å²) in [5.74, 6) is 0.107. The average molecular weight is 433 g/mol. The number of likely N-dealkylation sites (tertiary alicyclic amines) is 1. The Morgan fingerprint density at radius 2 is 1.74 bits per heavy atom. The normalized spacial score (nSPS) is 16.5. The van der Waals surface area contributed by atoms with Crippen molar-refractivity contribution in [1.29, 1.82) is 0 Å². The first kappa shape index (κ1) is 25.1. The largest absolute Gasteiger partial charge is 0.352 e. The molecule has 1 aromatic heterocycles. The van der Waals surface area contributed by atoms with E-state index in [-0.39, 0.29) is 17.0 Å². The molecule has 0 aromatic carbocycles. The van der Waals surface area contributed by atoms with Crippen LogP contribution in [0.25, 0.3) is 0 Å². The quantitative estimate of drug-likeness (QED) is 0.617. The van der Waals surface area contributed by atoms with Crippen LogP contribution in [0.5, 0.6) is 0 Å². The summed E-state index contributed by atoms with van der Waals surface area (Å²) in [5.41, 5.74) is -0.328. The number of pyridine rings is 1. The molecule has 0 saturated carbocycles. The Morgan fingerprint density at radius 3 is 2.32 bits per heavy atom. The monoisotopic (exact) mass is 432 g/mol. The molecule has 1 atom stereocenters. The molecule has 2 heterocycles. The molecule has 1 aliphatic heterocycles. The van der Waals surface area contributed by atoms with Crippen molar-refractivity contribution in [3.63, 3.8) is 0 Å².